The molecular weight excluding hydrogens is 348 g/mol. The lowest BCUT2D eigenvalue weighted by Crippen LogP contribution is -2.43. The molecule has 146 valence electrons. The van der Waals surface area contributed by atoms with E-state index in [0.717, 1.165) is 71.1 Å². The molecule has 1 aliphatic carbocycles. The number of morpholine rings is 1. The maximum atomic E-state index is 5.48. The number of anilines is 1. The summed E-state index contributed by atoms with van der Waals surface area (Å²) in [7, 11) is 0. The van der Waals surface area contributed by atoms with Crippen LogP contribution in [0.25, 0.3) is 17.3 Å². The third kappa shape index (κ3) is 3.70. The number of hydrogen-bond acceptors (Lipinski definition) is 5. The van der Waals surface area contributed by atoms with Crippen molar-refractivity contribution in [2.75, 3.05) is 63.9 Å². The predicted molar refractivity (Wildman–Crippen MR) is 114 cm³/mol. The van der Waals surface area contributed by atoms with Gasteiger partial charge in [-0.25, -0.2) is 0 Å². The van der Waals surface area contributed by atoms with Gasteiger partial charge in [0.05, 0.1) is 18.9 Å². The van der Waals surface area contributed by atoms with E-state index in [0.29, 0.717) is 0 Å². The Kier molecular flexibility index (Phi) is 5.12. The fraction of sp³-hybridized carbons (Fsp3) is 0.435. The van der Waals surface area contributed by atoms with Crippen molar-refractivity contribution < 1.29 is 4.74 Å². The molecule has 0 unspecified atom stereocenters. The Labute approximate surface area is 167 Å². The summed E-state index contributed by atoms with van der Waals surface area (Å²) < 4.78 is 5.48. The van der Waals surface area contributed by atoms with Crippen LogP contribution in [0.1, 0.15) is 11.1 Å². The summed E-state index contributed by atoms with van der Waals surface area (Å²) in [6, 6.07) is 11.1. The van der Waals surface area contributed by atoms with Crippen LogP contribution in [0.2, 0.25) is 0 Å². The maximum Gasteiger partial charge on any atom is 0.0777 e. The summed E-state index contributed by atoms with van der Waals surface area (Å²) in [5, 5.41) is 3.41. The monoisotopic (exact) mass is 376 g/mol. The molecule has 2 aromatic rings. The molecule has 2 fully saturated rings. The number of pyridine rings is 1. The van der Waals surface area contributed by atoms with Gasteiger partial charge in [0.15, 0.2) is 0 Å². The van der Waals surface area contributed by atoms with Crippen molar-refractivity contribution >= 4 is 11.8 Å². The number of hydrogen-bond donors (Lipinski definition) is 1. The van der Waals surface area contributed by atoms with Crippen LogP contribution in [0.5, 0.6) is 0 Å². The molecule has 0 amide bonds. The first kappa shape index (κ1) is 17.9. The van der Waals surface area contributed by atoms with Crippen LogP contribution in [0.4, 0.5) is 5.69 Å². The van der Waals surface area contributed by atoms with E-state index in [1.807, 2.05) is 6.20 Å². The third-order valence-corrected chi connectivity index (χ3v) is 6.00. The average Bonchev–Trinajstić information content (AvgIpc) is 3.18. The lowest BCUT2D eigenvalue weighted by molar-refractivity contribution is 0.0422. The zero-order chi connectivity index (χ0) is 18.8. The van der Waals surface area contributed by atoms with Crippen LogP contribution in [0.3, 0.4) is 0 Å². The van der Waals surface area contributed by atoms with E-state index in [1.54, 1.807) is 0 Å². The molecule has 5 rings (SSSR count). The molecule has 0 bridgehead atoms. The fourth-order valence-corrected chi connectivity index (χ4v) is 4.46. The van der Waals surface area contributed by atoms with Gasteiger partial charge in [0.2, 0.25) is 0 Å². The number of ether oxygens (including phenoxy) is 1. The first-order valence-electron chi connectivity index (χ1n) is 10.4. The van der Waals surface area contributed by atoms with Crippen molar-refractivity contribution in [2.24, 2.45) is 0 Å². The van der Waals surface area contributed by atoms with Gasteiger partial charge < -0.3 is 15.0 Å². The van der Waals surface area contributed by atoms with E-state index in [1.165, 1.54) is 28.0 Å². The van der Waals surface area contributed by atoms with Crippen molar-refractivity contribution in [1.29, 1.82) is 0 Å². The Balaban J connectivity index is 1.36. The molecule has 28 heavy (non-hydrogen) atoms. The SMILES string of the molecule is C1=C(CN2CCOCC2)Cc2ccnc(-c3ccc(N4CCNCC4)cc3)c21. The van der Waals surface area contributed by atoms with Gasteiger partial charge in [-0.05, 0) is 30.2 Å². The minimum absolute atomic E-state index is 0.854. The van der Waals surface area contributed by atoms with Crippen molar-refractivity contribution in [2.45, 2.75) is 6.42 Å². The first-order chi connectivity index (χ1) is 13.9. The Bertz CT molecular complexity index is 849. The standard InChI is InChI=1S/C23H28N4O/c1-3-21(27-9-7-24-8-10-27)4-2-19(1)23-22-16-18(15-20(22)5-6-25-23)17-26-11-13-28-14-12-26/h1-6,16,24H,7-15,17H2. The molecular formula is C23H28N4O. The van der Waals surface area contributed by atoms with E-state index in [9.17, 15) is 0 Å². The summed E-state index contributed by atoms with van der Waals surface area (Å²) in [5.41, 5.74) is 7.83. The van der Waals surface area contributed by atoms with Crippen molar-refractivity contribution in [3.63, 3.8) is 0 Å². The zero-order valence-corrected chi connectivity index (χ0v) is 16.4. The molecule has 0 spiro atoms. The summed E-state index contributed by atoms with van der Waals surface area (Å²) in [4.78, 5) is 9.69. The summed E-state index contributed by atoms with van der Waals surface area (Å²) in [6.07, 6.45) is 5.38. The number of nitrogens with zero attached hydrogens (tertiary/aromatic N) is 3. The molecule has 2 aliphatic heterocycles. The molecule has 0 saturated carbocycles. The van der Waals surface area contributed by atoms with Crippen molar-refractivity contribution in [3.05, 3.63) is 53.2 Å². The number of nitrogens with one attached hydrogen (secondary N) is 1. The average molecular weight is 377 g/mol. The summed E-state index contributed by atoms with van der Waals surface area (Å²) in [6.45, 7) is 9.09. The van der Waals surface area contributed by atoms with E-state index >= 15 is 0 Å². The van der Waals surface area contributed by atoms with E-state index in [2.05, 4.69) is 51.5 Å². The van der Waals surface area contributed by atoms with Crippen LogP contribution >= 0.6 is 0 Å². The molecule has 1 aromatic carbocycles. The third-order valence-electron chi connectivity index (χ3n) is 6.00. The lowest BCUT2D eigenvalue weighted by atomic mass is 10.0. The normalized spacial score (nSPS) is 20.1. The van der Waals surface area contributed by atoms with Gasteiger partial charge in [0.25, 0.3) is 0 Å². The van der Waals surface area contributed by atoms with Crippen LogP contribution in [-0.4, -0.2) is 68.9 Å². The largest absolute Gasteiger partial charge is 0.379 e. The quantitative estimate of drug-likeness (QED) is 0.888. The molecule has 2 saturated heterocycles. The Hall–Kier alpha value is -2.21. The van der Waals surface area contributed by atoms with Gasteiger partial charge in [0, 0.05) is 68.8 Å². The highest BCUT2D eigenvalue weighted by Crippen LogP contribution is 2.33. The van der Waals surface area contributed by atoms with E-state index in [-0.39, 0.29) is 0 Å². The Morgan fingerprint density at radius 3 is 2.54 bits per heavy atom. The molecule has 1 N–H and O–H groups in total. The Morgan fingerprint density at radius 1 is 0.964 bits per heavy atom. The molecule has 1 aromatic heterocycles. The summed E-state index contributed by atoms with van der Waals surface area (Å²) in [5.74, 6) is 0. The highest BCUT2D eigenvalue weighted by atomic mass is 16.5. The van der Waals surface area contributed by atoms with Gasteiger partial charge >= 0.3 is 0 Å². The molecule has 0 atom stereocenters. The zero-order valence-electron chi connectivity index (χ0n) is 16.4. The number of piperazine rings is 1. The van der Waals surface area contributed by atoms with Crippen LogP contribution in [0.15, 0.2) is 42.1 Å². The number of benzene rings is 1. The van der Waals surface area contributed by atoms with Crippen LogP contribution in [0, 0.1) is 0 Å². The maximum absolute atomic E-state index is 5.48. The first-order valence-corrected chi connectivity index (χ1v) is 10.4. The minimum atomic E-state index is 0.854. The van der Waals surface area contributed by atoms with Crippen molar-refractivity contribution in [1.82, 2.24) is 15.2 Å². The van der Waals surface area contributed by atoms with Gasteiger partial charge in [-0.3, -0.25) is 9.88 Å². The number of rotatable bonds is 4. The second-order valence-electron chi connectivity index (χ2n) is 7.88. The second-order valence-corrected chi connectivity index (χ2v) is 7.88. The highest BCUT2D eigenvalue weighted by molar-refractivity contribution is 5.78. The molecule has 5 nitrogen and oxygen atoms in total. The van der Waals surface area contributed by atoms with Crippen molar-refractivity contribution in [3.8, 4) is 11.3 Å². The van der Waals surface area contributed by atoms with Crippen LogP contribution < -0.4 is 10.2 Å². The molecule has 0 radical (unpaired) electrons. The molecule has 5 heteroatoms. The summed E-state index contributed by atoms with van der Waals surface area (Å²) >= 11 is 0. The number of aromatic nitrogens is 1. The van der Waals surface area contributed by atoms with E-state index in [4.69, 9.17) is 9.72 Å². The number of fused-ring (bicyclic) bond motifs is 1. The smallest absolute Gasteiger partial charge is 0.0777 e. The lowest BCUT2D eigenvalue weighted by Gasteiger charge is -2.29. The molecule has 3 heterocycles. The van der Waals surface area contributed by atoms with Gasteiger partial charge in [-0.1, -0.05) is 23.8 Å². The van der Waals surface area contributed by atoms with Gasteiger partial charge in [0.1, 0.15) is 0 Å². The van der Waals surface area contributed by atoms with Crippen LogP contribution in [-0.2, 0) is 11.2 Å². The topological polar surface area (TPSA) is 40.6 Å². The Morgan fingerprint density at radius 2 is 1.75 bits per heavy atom. The molecule has 3 aliphatic rings. The fourth-order valence-electron chi connectivity index (χ4n) is 4.46. The predicted octanol–water partition coefficient (Wildman–Crippen LogP) is 2.43. The van der Waals surface area contributed by atoms with Gasteiger partial charge in [-0.2, -0.15) is 0 Å². The highest BCUT2D eigenvalue weighted by Gasteiger charge is 2.20. The van der Waals surface area contributed by atoms with E-state index < -0.39 is 0 Å². The second kappa shape index (κ2) is 8.03. The minimum Gasteiger partial charge on any atom is -0.379 e. The van der Waals surface area contributed by atoms with Gasteiger partial charge in [-0.15, -0.1) is 0 Å².